The highest BCUT2D eigenvalue weighted by atomic mass is 16.4. The standard InChI is InChI=1S/C52H92N18O13/c1-8-28(4)40(50(83)70(24-27(2)3)25-39(74)75)67-45(78)35(17-13-19-60-52(56)57)64-38(73)23-61-48(81)41(30(6)71)69-49(82)42(31(7)72)68-47(80)37(21-33-22-58-26-62-33)66-46(79)36(20-32-14-10-9-11-15-32)65-43(76)29(5)63-44(77)34(53)16-12-18-59-51(54)55/h22,26-32,34-37,40-42,71-72H,8-21,23-25,53H2,1-7H3,(H,58,62)(H,61,81)(H,63,77)(H,64,73)(H,65,76)(H,66,79)(H,67,78)(H,68,80)(H,69,82)(H,74,75)(H4,54,55,59)(H4,56,57,60)/t28?,29-,30+,31+,34-,35-,36-,37-,40-,41-,42-/m0/s1. The fourth-order valence-electron chi connectivity index (χ4n) is 8.99. The maximum atomic E-state index is 14.3. The summed E-state index contributed by atoms with van der Waals surface area (Å²) in [6.45, 7) is 9.72. The summed E-state index contributed by atoms with van der Waals surface area (Å²) >= 11 is 0. The van der Waals surface area contributed by atoms with Gasteiger partial charge in [-0.1, -0.05) is 66.2 Å². The van der Waals surface area contributed by atoms with Crippen LogP contribution in [0.5, 0.6) is 0 Å². The van der Waals surface area contributed by atoms with Crippen molar-refractivity contribution in [3.05, 3.63) is 18.2 Å². The van der Waals surface area contributed by atoms with Gasteiger partial charge in [0.25, 0.3) is 0 Å². The van der Waals surface area contributed by atoms with Crippen molar-refractivity contribution in [3.8, 4) is 0 Å². The molecule has 1 fully saturated rings. The predicted molar refractivity (Wildman–Crippen MR) is 305 cm³/mol. The summed E-state index contributed by atoms with van der Waals surface area (Å²) in [6.07, 6.45) is 4.77. The van der Waals surface area contributed by atoms with Gasteiger partial charge in [0.05, 0.1) is 31.1 Å². The predicted octanol–water partition coefficient (Wildman–Crippen LogP) is -4.74. The molecule has 2 rings (SSSR count). The van der Waals surface area contributed by atoms with Crippen LogP contribution >= 0.6 is 0 Å². The number of aliphatic imine (C=N–C) groups is 2. The van der Waals surface area contributed by atoms with Gasteiger partial charge in [-0.3, -0.25) is 57.9 Å². The van der Waals surface area contributed by atoms with E-state index < -0.39 is 139 Å². The molecule has 0 bridgehead atoms. The Kier molecular flexibility index (Phi) is 31.6. The highest BCUT2D eigenvalue weighted by molar-refractivity contribution is 5.98. The summed E-state index contributed by atoms with van der Waals surface area (Å²) in [4.78, 5) is 151. The molecule has 468 valence electrons. The van der Waals surface area contributed by atoms with Crippen molar-refractivity contribution in [1.29, 1.82) is 0 Å². The third-order valence-corrected chi connectivity index (χ3v) is 13.7. The molecule has 0 saturated heterocycles. The molecule has 83 heavy (non-hydrogen) atoms. The second kappa shape index (κ2) is 36.7. The van der Waals surface area contributed by atoms with Crippen LogP contribution in [0.1, 0.15) is 125 Å². The number of carboxylic acids is 1. The molecule has 9 amide bonds. The molecule has 1 aliphatic carbocycles. The topological polar surface area (TPSA) is 514 Å². The lowest BCUT2D eigenvalue weighted by atomic mass is 9.84. The molecule has 11 atom stereocenters. The van der Waals surface area contributed by atoms with Crippen molar-refractivity contribution in [2.45, 2.75) is 186 Å². The van der Waals surface area contributed by atoms with Crippen LogP contribution < -0.4 is 71.2 Å². The van der Waals surface area contributed by atoms with E-state index in [4.69, 9.17) is 28.7 Å². The van der Waals surface area contributed by atoms with Crippen LogP contribution in [0.4, 0.5) is 0 Å². The Morgan fingerprint density at radius 1 is 0.675 bits per heavy atom. The maximum Gasteiger partial charge on any atom is 0.323 e. The highest BCUT2D eigenvalue weighted by Crippen LogP contribution is 2.27. The number of nitrogens with one attached hydrogen (secondary N) is 9. The number of hydrogen-bond acceptors (Lipinski definition) is 16. The average Bonchev–Trinajstić information content (AvgIpc) is 3.99. The lowest BCUT2D eigenvalue weighted by Crippen LogP contribution is -2.62. The van der Waals surface area contributed by atoms with E-state index in [0.29, 0.717) is 18.5 Å². The number of aliphatic hydroxyl groups excluding tert-OH is 2. The van der Waals surface area contributed by atoms with Gasteiger partial charge in [-0.05, 0) is 70.6 Å². The van der Waals surface area contributed by atoms with Gasteiger partial charge < -0.3 is 96.4 Å². The SMILES string of the molecule is CCC(C)[C@H](NC(=O)[C@H](CCCN=C(N)N)NC(=O)CNC(=O)[C@@H](NC(=O)[C@@H](NC(=O)[C@H](Cc1cnc[nH]1)NC(=O)[C@H](CC1CCCCC1)NC(=O)[C@H](C)NC(=O)[C@@H](N)CCCN=C(N)N)[C@@H](C)O)[C@@H](C)O)C(=O)N(CC(=O)O)CC(C)C. The van der Waals surface area contributed by atoms with E-state index in [2.05, 4.69) is 62.5 Å². The van der Waals surface area contributed by atoms with Crippen molar-refractivity contribution in [2.75, 3.05) is 32.7 Å². The number of guanidine groups is 2. The molecule has 0 spiro atoms. The van der Waals surface area contributed by atoms with Crippen LogP contribution in [0.25, 0.3) is 0 Å². The number of aliphatic carboxylic acids is 1. The molecular weight excluding hydrogens is 1080 g/mol. The van der Waals surface area contributed by atoms with Crippen molar-refractivity contribution in [2.24, 2.45) is 56.4 Å². The number of nitrogens with zero attached hydrogens (tertiary/aromatic N) is 4. The third kappa shape index (κ3) is 26.9. The van der Waals surface area contributed by atoms with Crippen LogP contribution in [-0.2, 0) is 54.4 Å². The molecule has 0 aromatic carbocycles. The molecule has 1 unspecified atom stereocenters. The van der Waals surface area contributed by atoms with Crippen LogP contribution in [0.2, 0.25) is 0 Å². The van der Waals surface area contributed by atoms with Crippen molar-refractivity contribution in [3.63, 3.8) is 0 Å². The molecule has 0 radical (unpaired) electrons. The largest absolute Gasteiger partial charge is 0.480 e. The number of amides is 9. The average molecular weight is 1180 g/mol. The summed E-state index contributed by atoms with van der Waals surface area (Å²) in [5.41, 5.74) is 28.0. The Balaban J connectivity index is 2.31. The number of nitrogens with two attached hydrogens (primary N) is 5. The maximum absolute atomic E-state index is 14.3. The first-order valence-corrected chi connectivity index (χ1v) is 28.1. The zero-order valence-electron chi connectivity index (χ0n) is 48.8. The number of hydrogen-bond donors (Lipinski definition) is 17. The Hall–Kier alpha value is -7.67. The van der Waals surface area contributed by atoms with Crippen molar-refractivity contribution in [1.82, 2.24) is 57.4 Å². The Bertz CT molecular complexity index is 2340. The summed E-state index contributed by atoms with van der Waals surface area (Å²) in [7, 11) is 0. The number of carbonyl (C=O) groups is 10. The van der Waals surface area contributed by atoms with Crippen molar-refractivity contribution < 1.29 is 63.3 Å². The van der Waals surface area contributed by atoms with Gasteiger partial charge in [-0.2, -0.15) is 0 Å². The van der Waals surface area contributed by atoms with Crippen LogP contribution in [0, 0.1) is 17.8 Å². The van der Waals surface area contributed by atoms with E-state index >= 15 is 0 Å². The van der Waals surface area contributed by atoms with Gasteiger partial charge in [0, 0.05) is 37.9 Å². The normalized spacial score (nSPS) is 16.4. The van der Waals surface area contributed by atoms with E-state index in [9.17, 15) is 63.3 Å². The quantitative estimate of drug-likeness (QED) is 0.0169. The Morgan fingerprint density at radius 2 is 1.22 bits per heavy atom. The number of rotatable bonds is 37. The van der Waals surface area contributed by atoms with E-state index in [-0.39, 0.29) is 75.5 Å². The number of aliphatic hydroxyl groups is 2. The monoisotopic (exact) mass is 1180 g/mol. The number of H-pyrrole nitrogens is 1. The Labute approximate surface area is 483 Å². The first-order chi connectivity index (χ1) is 39.0. The van der Waals surface area contributed by atoms with Crippen LogP contribution in [0.15, 0.2) is 22.5 Å². The molecule has 1 aromatic rings. The highest BCUT2D eigenvalue weighted by Gasteiger charge is 2.38. The first kappa shape index (κ1) is 71.4. The number of carboxylic acid groups (broad SMARTS) is 1. The minimum atomic E-state index is -1.83. The summed E-state index contributed by atoms with van der Waals surface area (Å²) < 4.78 is 0. The number of imidazole rings is 1. The van der Waals surface area contributed by atoms with Crippen molar-refractivity contribution >= 4 is 71.1 Å². The van der Waals surface area contributed by atoms with E-state index in [1.165, 1.54) is 19.4 Å². The minimum absolute atomic E-state index is 0.0162. The number of aromatic amines is 1. The fourth-order valence-corrected chi connectivity index (χ4v) is 8.99. The second-order valence-corrected chi connectivity index (χ2v) is 21.5. The Morgan fingerprint density at radius 3 is 1.76 bits per heavy atom. The van der Waals surface area contributed by atoms with Crippen LogP contribution in [0.3, 0.4) is 0 Å². The lowest BCUT2D eigenvalue weighted by molar-refractivity contribution is -0.147. The zero-order valence-corrected chi connectivity index (χ0v) is 48.8. The molecular formula is C52H92N18O13. The van der Waals surface area contributed by atoms with Gasteiger partial charge >= 0.3 is 5.97 Å². The smallest absolute Gasteiger partial charge is 0.323 e. The van der Waals surface area contributed by atoms with Gasteiger partial charge in [-0.15, -0.1) is 0 Å². The molecule has 1 aromatic heterocycles. The summed E-state index contributed by atoms with van der Waals surface area (Å²) in [6, 6.07) is -11.0. The minimum Gasteiger partial charge on any atom is -0.480 e. The van der Waals surface area contributed by atoms with Gasteiger partial charge in [0.1, 0.15) is 48.8 Å². The zero-order chi connectivity index (χ0) is 62.5. The van der Waals surface area contributed by atoms with Crippen LogP contribution in [-0.4, -0.2) is 195 Å². The lowest BCUT2D eigenvalue weighted by Gasteiger charge is -2.32. The second-order valence-electron chi connectivity index (χ2n) is 21.5. The molecule has 1 aliphatic rings. The van der Waals surface area contributed by atoms with E-state index in [1.54, 1.807) is 27.7 Å². The third-order valence-electron chi connectivity index (χ3n) is 13.7. The number of aromatic nitrogens is 2. The van der Waals surface area contributed by atoms with E-state index in [0.717, 1.165) is 50.9 Å². The van der Waals surface area contributed by atoms with Gasteiger partial charge in [0.15, 0.2) is 11.9 Å². The van der Waals surface area contributed by atoms with E-state index in [1.807, 2.05) is 0 Å². The molecule has 0 aliphatic heterocycles. The molecule has 1 saturated carbocycles. The number of carbonyl (C=O) groups excluding carboxylic acids is 9. The molecule has 31 heteroatoms. The fraction of sp³-hybridized carbons (Fsp3) is 0.712. The summed E-state index contributed by atoms with van der Waals surface area (Å²) in [5, 5.41) is 51.3. The molecule has 31 nitrogen and oxygen atoms in total. The summed E-state index contributed by atoms with van der Waals surface area (Å²) in [5.74, 6) is -9.95. The van der Waals surface area contributed by atoms with Gasteiger partial charge in [0.2, 0.25) is 53.2 Å². The first-order valence-electron chi connectivity index (χ1n) is 28.1. The van der Waals surface area contributed by atoms with Gasteiger partial charge in [-0.25, -0.2) is 4.98 Å². The molecule has 22 N–H and O–H groups in total. The molecule has 1 heterocycles.